The number of aliphatic hydroxyl groups is 2. The Hall–Kier alpha value is -2.02. The summed E-state index contributed by atoms with van der Waals surface area (Å²) < 4.78 is 11.9. The van der Waals surface area contributed by atoms with Gasteiger partial charge in [0.25, 0.3) is 0 Å². The van der Waals surface area contributed by atoms with Gasteiger partial charge in [0.1, 0.15) is 11.7 Å². The number of carbonyl (C=O) groups is 2. The van der Waals surface area contributed by atoms with E-state index in [2.05, 4.69) is 13.8 Å². The van der Waals surface area contributed by atoms with Gasteiger partial charge in [0.2, 0.25) is 0 Å². The second-order valence-corrected chi connectivity index (χ2v) is 12.8. The summed E-state index contributed by atoms with van der Waals surface area (Å²) in [5.41, 5.74) is -2.74. The molecule has 4 saturated carbocycles. The average molecular weight is 497 g/mol. The van der Waals surface area contributed by atoms with Gasteiger partial charge in [-0.2, -0.15) is 0 Å². The number of ether oxygens (including phenoxy) is 2. The fraction of sp³-hybridized carbons (Fsp3) is 0.667. The van der Waals surface area contributed by atoms with Gasteiger partial charge in [-0.15, -0.1) is 0 Å². The van der Waals surface area contributed by atoms with Crippen LogP contribution >= 0.6 is 0 Å². The summed E-state index contributed by atoms with van der Waals surface area (Å²) in [4.78, 5) is 27.2. The molecule has 0 aliphatic heterocycles. The first-order chi connectivity index (χ1) is 16.8. The van der Waals surface area contributed by atoms with E-state index in [-0.39, 0.29) is 29.5 Å². The molecule has 4 fully saturated rings. The Kier molecular flexibility index (Phi) is 5.86. The van der Waals surface area contributed by atoms with Crippen LogP contribution in [0.1, 0.15) is 59.4 Å². The largest absolute Gasteiger partial charge is 0.458 e. The van der Waals surface area contributed by atoms with Crippen molar-refractivity contribution in [3.05, 3.63) is 42.0 Å². The Labute approximate surface area is 214 Å². The number of carbonyl (C=O) groups excluding carboxylic acids is 2. The van der Waals surface area contributed by atoms with Crippen LogP contribution in [0.15, 0.2) is 36.4 Å². The quantitative estimate of drug-likeness (QED) is 0.483. The van der Waals surface area contributed by atoms with Crippen LogP contribution in [0.3, 0.4) is 0 Å². The molecular formula is C30H40O6. The number of ketones is 1. The Morgan fingerprint density at radius 3 is 2.42 bits per heavy atom. The number of rotatable bonds is 4. The molecule has 6 heteroatoms. The van der Waals surface area contributed by atoms with Gasteiger partial charge in [0, 0.05) is 18.6 Å². The molecule has 5 rings (SSSR count). The minimum atomic E-state index is -1.78. The maximum Gasteiger partial charge on any atom is 0.331 e. The molecule has 0 bridgehead atoms. The molecular weight excluding hydrogens is 456 g/mol. The van der Waals surface area contributed by atoms with Crippen molar-refractivity contribution in [1.29, 1.82) is 0 Å². The number of benzene rings is 1. The van der Waals surface area contributed by atoms with Crippen molar-refractivity contribution < 1.29 is 29.3 Å². The first kappa shape index (κ1) is 25.6. The minimum absolute atomic E-state index is 0.0574. The Morgan fingerprint density at radius 1 is 1.11 bits per heavy atom. The van der Waals surface area contributed by atoms with Crippen LogP contribution in [0, 0.1) is 39.9 Å². The molecule has 1 aromatic carbocycles. The third-order valence-electron chi connectivity index (χ3n) is 10.9. The summed E-state index contributed by atoms with van der Waals surface area (Å²) in [5.74, 6) is -1.38. The molecule has 0 heterocycles. The van der Waals surface area contributed by atoms with Gasteiger partial charge in [0.15, 0.2) is 5.78 Å². The summed E-state index contributed by atoms with van der Waals surface area (Å²) >= 11 is 0. The van der Waals surface area contributed by atoms with E-state index in [4.69, 9.17) is 9.47 Å². The molecule has 0 saturated heterocycles. The van der Waals surface area contributed by atoms with Gasteiger partial charge >= 0.3 is 5.97 Å². The number of hydrogen-bond donors (Lipinski definition) is 2. The number of aliphatic hydroxyl groups excluding tert-OH is 1. The first-order valence-corrected chi connectivity index (χ1v) is 13.3. The molecule has 36 heavy (non-hydrogen) atoms. The number of fused-ring (bicyclic) bond motifs is 3. The van der Waals surface area contributed by atoms with Crippen molar-refractivity contribution in [2.75, 3.05) is 7.11 Å². The maximum absolute atomic E-state index is 14.4. The normalized spacial score (nSPS) is 47.0. The highest BCUT2D eigenvalue weighted by molar-refractivity contribution is 5.96. The molecule has 10 atom stereocenters. The van der Waals surface area contributed by atoms with E-state index < -0.39 is 46.6 Å². The maximum atomic E-state index is 14.4. The van der Waals surface area contributed by atoms with Gasteiger partial charge in [-0.25, -0.2) is 4.79 Å². The fourth-order valence-corrected chi connectivity index (χ4v) is 8.56. The lowest BCUT2D eigenvalue weighted by Crippen LogP contribution is -2.72. The van der Waals surface area contributed by atoms with Gasteiger partial charge in [-0.05, 0) is 61.0 Å². The SMILES string of the molecule is COC1C2C(CCC3(C)C(O)C4C(OC(=O)C=Cc5ccccc5)C(C)CC4(O)C(=O)C13C)C2(C)C. The molecule has 10 unspecified atom stereocenters. The molecule has 1 aromatic rings. The number of methoxy groups -OCH3 is 1. The van der Waals surface area contributed by atoms with Crippen molar-refractivity contribution in [3.63, 3.8) is 0 Å². The van der Waals surface area contributed by atoms with Crippen molar-refractivity contribution in [2.45, 2.75) is 77.8 Å². The molecule has 4 aliphatic carbocycles. The molecule has 0 radical (unpaired) electrons. The molecule has 196 valence electrons. The number of hydrogen-bond acceptors (Lipinski definition) is 6. The van der Waals surface area contributed by atoms with Gasteiger partial charge in [-0.1, -0.05) is 58.0 Å². The number of Topliss-reactive ketones (excluding diaryl/α,β-unsaturated/α-hetero) is 1. The second kappa shape index (κ2) is 8.24. The summed E-state index contributed by atoms with van der Waals surface area (Å²) in [7, 11) is 1.64. The molecule has 0 aromatic heterocycles. The molecule has 6 nitrogen and oxygen atoms in total. The van der Waals surface area contributed by atoms with E-state index >= 15 is 0 Å². The van der Waals surface area contributed by atoms with E-state index in [0.717, 1.165) is 12.0 Å². The highest BCUT2D eigenvalue weighted by atomic mass is 16.5. The van der Waals surface area contributed by atoms with Crippen LogP contribution in [-0.4, -0.2) is 53.0 Å². The number of esters is 1. The fourth-order valence-electron chi connectivity index (χ4n) is 8.56. The van der Waals surface area contributed by atoms with Crippen LogP contribution in [0.5, 0.6) is 0 Å². The van der Waals surface area contributed by atoms with Gasteiger partial charge in [-0.3, -0.25) is 4.79 Å². The summed E-state index contributed by atoms with van der Waals surface area (Å²) in [6.45, 7) is 10.2. The van der Waals surface area contributed by atoms with Crippen molar-refractivity contribution in [2.24, 2.45) is 39.9 Å². The topological polar surface area (TPSA) is 93.1 Å². The molecule has 4 aliphatic rings. The lowest BCUT2D eigenvalue weighted by molar-refractivity contribution is -0.233. The zero-order chi connectivity index (χ0) is 26.3. The average Bonchev–Trinajstić information content (AvgIpc) is 3.31. The lowest BCUT2D eigenvalue weighted by Gasteiger charge is -2.60. The smallest absolute Gasteiger partial charge is 0.331 e. The first-order valence-electron chi connectivity index (χ1n) is 13.3. The Balaban J connectivity index is 1.48. The van der Waals surface area contributed by atoms with E-state index in [1.54, 1.807) is 13.2 Å². The third-order valence-corrected chi connectivity index (χ3v) is 10.9. The summed E-state index contributed by atoms with van der Waals surface area (Å²) in [6, 6.07) is 9.44. The van der Waals surface area contributed by atoms with Crippen molar-refractivity contribution >= 4 is 17.8 Å². The van der Waals surface area contributed by atoms with Crippen LogP contribution in [0.2, 0.25) is 0 Å². The van der Waals surface area contributed by atoms with Gasteiger partial charge in [0.05, 0.1) is 23.5 Å². The highest BCUT2D eigenvalue weighted by Crippen LogP contribution is 2.73. The van der Waals surface area contributed by atoms with E-state index in [1.807, 2.05) is 51.1 Å². The van der Waals surface area contributed by atoms with Crippen LogP contribution in [0.4, 0.5) is 0 Å². The van der Waals surface area contributed by atoms with Gasteiger partial charge < -0.3 is 19.7 Å². The van der Waals surface area contributed by atoms with Crippen LogP contribution in [-0.2, 0) is 19.1 Å². The predicted molar refractivity (Wildman–Crippen MR) is 136 cm³/mol. The Bertz CT molecular complexity index is 1080. The zero-order valence-electron chi connectivity index (χ0n) is 22.2. The Morgan fingerprint density at radius 2 is 1.78 bits per heavy atom. The molecule has 0 amide bonds. The predicted octanol–water partition coefficient (Wildman–Crippen LogP) is 4.04. The van der Waals surface area contributed by atoms with Crippen molar-refractivity contribution in [1.82, 2.24) is 0 Å². The van der Waals surface area contributed by atoms with Crippen molar-refractivity contribution in [3.8, 4) is 0 Å². The highest BCUT2D eigenvalue weighted by Gasteiger charge is 2.79. The summed E-state index contributed by atoms with van der Waals surface area (Å²) in [6.07, 6.45) is 2.54. The zero-order valence-corrected chi connectivity index (χ0v) is 22.2. The van der Waals surface area contributed by atoms with E-state index in [9.17, 15) is 19.8 Å². The van der Waals surface area contributed by atoms with Crippen LogP contribution < -0.4 is 0 Å². The van der Waals surface area contributed by atoms with Crippen LogP contribution in [0.25, 0.3) is 6.08 Å². The molecule has 2 N–H and O–H groups in total. The van der Waals surface area contributed by atoms with E-state index in [1.165, 1.54) is 6.08 Å². The standard InChI is InChI=1S/C30H40O6/c1-17-16-30(34)22(23(17)36-20(31)13-12-18-10-8-7-9-11-18)24(32)28(4)15-14-19-21(27(19,2)3)25(35-6)29(28,5)26(30)33/h7-13,17,19,21-25,32,34H,14-16H2,1-6H3. The van der Waals surface area contributed by atoms with E-state index in [0.29, 0.717) is 12.3 Å². The lowest BCUT2D eigenvalue weighted by atomic mass is 9.46. The summed E-state index contributed by atoms with van der Waals surface area (Å²) in [5, 5.41) is 24.0. The second-order valence-electron chi connectivity index (χ2n) is 12.8. The molecule has 0 spiro atoms. The monoisotopic (exact) mass is 496 g/mol. The third kappa shape index (κ3) is 3.26. The minimum Gasteiger partial charge on any atom is -0.458 e.